The first-order valence-electron chi connectivity index (χ1n) is 10.7. The van der Waals surface area contributed by atoms with Crippen LogP contribution in [0.25, 0.3) is 0 Å². The van der Waals surface area contributed by atoms with E-state index in [1.165, 1.54) is 7.11 Å². The zero-order valence-corrected chi connectivity index (χ0v) is 19.4. The monoisotopic (exact) mass is 461 g/mol. The number of carbonyl (C=O) groups excluding carboxylic acids is 1. The first-order valence-corrected chi connectivity index (χ1v) is 12.1. The molecule has 1 saturated heterocycles. The van der Waals surface area contributed by atoms with Crippen molar-refractivity contribution >= 4 is 21.6 Å². The first-order chi connectivity index (χ1) is 15.4. The standard InChI is InChI=1S/C23H31N3O5S/c1-19-7-9-22(10-8-19)32(28,29)26(20-5-3-6-21(17-20)30-2)18-23(27)24-11-4-12-25-13-15-31-16-14-25/h3,5-10,17H,4,11-16,18H2,1-2H3,(H,24,27). The highest BCUT2D eigenvalue weighted by molar-refractivity contribution is 7.92. The molecule has 0 bridgehead atoms. The highest BCUT2D eigenvalue weighted by Crippen LogP contribution is 2.27. The molecule has 1 heterocycles. The average molecular weight is 462 g/mol. The maximum Gasteiger partial charge on any atom is 0.264 e. The smallest absolute Gasteiger partial charge is 0.264 e. The van der Waals surface area contributed by atoms with Gasteiger partial charge in [-0.3, -0.25) is 14.0 Å². The molecule has 0 aromatic heterocycles. The number of benzene rings is 2. The van der Waals surface area contributed by atoms with E-state index in [2.05, 4.69) is 10.2 Å². The number of sulfonamides is 1. The van der Waals surface area contributed by atoms with Crippen LogP contribution in [-0.2, 0) is 19.6 Å². The molecule has 2 aromatic rings. The third-order valence-corrected chi connectivity index (χ3v) is 7.10. The molecule has 9 heteroatoms. The highest BCUT2D eigenvalue weighted by Gasteiger charge is 2.27. The number of anilines is 1. The van der Waals surface area contributed by atoms with Crippen LogP contribution in [0.1, 0.15) is 12.0 Å². The van der Waals surface area contributed by atoms with Gasteiger partial charge in [-0.2, -0.15) is 0 Å². The summed E-state index contributed by atoms with van der Waals surface area (Å²) in [5.41, 5.74) is 1.32. The van der Waals surface area contributed by atoms with Crippen LogP contribution >= 0.6 is 0 Å². The molecule has 1 amide bonds. The molecule has 1 aliphatic heterocycles. The number of nitrogens with one attached hydrogen (secondary N) is 1. The molecule has 0 atom stereocenters. The summed E-state index contributed by atoms with van der Waals surface area (Å²) in [5.74, 6) is 0.156. The van der Waals surface area contributed by atoms with Gasteiger partial charge in [0.25, 0.3) is 10.0 Å². The summed E-state index contributed by atoms with van der Waals surface area (Å²) in [6, 6.07) is 13.3. The summed E-state index contributed by atoms with van der Waals surface area (Å²) < 4.78 is 38.5. The van der Waals surface area contributed by atoms with E-state index in [1.807, 2.05) is 6.92 Å². The second-order valence-corrected chi connectivity index (χ2v) is 9.55. The Hall–Kier alpha value is -2.62. The van der Waals surface area contributed by atoms with Crippen molar-refractivity contribution in [3.63, 3.8) is 0 Å². The molecule has 0 spiro atoms. The highest BCUT2D eigenvalue weighted by atomic mass is 32.2. The minimum Gasteiger partial charge on any atom is -0.497 e. The molecule has 1 N–H and O–H groups in total. The van der Waals surface area contributed by atoms with Gasteiger partial charge in [0, 0.05) is 25.7 Å². The van der Waals surface area contributed by atoms with Crippen LogP contribution in [-0.4, -0.2) is 72.3 Å². The molecule has 174 valence electrons. The van der Waals surface area contributed by atoms with Crippen molar-refractivity contribution in [1.29, 1.82) is 0 Å². The predicted octanol–water partition coefficient (Wildman–Crippen LogP) is 2.04. The van der Waals surface area contributed by atoms with Crippen LogP contribution < -0.4 is 14.4 Å². The molecular formula is C23H31N3O5S. The topological polar surface area (TPSA) is 88.2 Å². The van der Waals surface area contributed by atoms with Gasteiger partial charge in [-0.25, -0.2) is 8.42 Å². The number of nitrogens with zero attached hydrogens (tertiary/aromatic N) is 2. The lowest BCUT2D eigenvalue weighted by Crippen LogP contribution is -2.42. The fraction of sp³-hybridized carbons (Fsp3) is 0.435. The van der Waals surface area contributed by atoms with E-state index in [1.54, 1.807) is 48.5 Å². The maximum absolute atomic E-state index is 13.4. The molecule has 32 heavy (non-hydrogen) atoms. The molecule has 0 unspecified atom stereocenters. The van der Waals surface area contributed by atoms with Crippen LogP contribution in [0.3, 0.4) is 0 Å². The summed E-state index contributed by atoms with van der Waals surface area (Å²) in [6.07, 6.45) is 0.787. The van der Waals surface area contributed by atoms with Gasteiger partial charge in [0.05, 0.1) is 30.9 Å². The maximum atomic E-state index is 13.4. The number of methoxy groups -OCH3 is 1. The largest absolute Gasteiger partial charge is 0.497 e. The lowest BCUT2D eigenvalue weighted by molar-refractivity contribution is -0.119. The second-order valence-electron chi connectivity index (χ2n) is 7.68. The summed E-state index contributed by atoms with van der Waals surface area (Å²) >= 11 is 0. The number of amides is 1. The minimum atomic E-state index is -3.94. The molecule has 8 nitrogen and oxygen atoms in total. The van der Waals surface area contributed by atoms with E-state index < -0.39 is 10.0 Å². The van der Waals surface area contributed by atoms with Crippen LogP contribution in [0.15, 0.2) is 53.4 Å². The molecule has 0 radical (unpaired) electrons. The van der Waals surface area contributed by atoms with Gasteiger partial charge in [0.2, 0.25) is 5.91 Å². The summed E-state index contributed by atoms with van der Waals surface area (Å²) in [6.45, 7) is 6.18. The number of hydrogen-bond donors (Lipinski definition) is 1. The van der Waals surface area contributed by atoms with Gasteiger partial charge >= 0.3 is 0 Å². The van der Waals surface area contributed by atoms with Gasteiger partial charge in [0.15, 0.2) is 0 Å². The van der Waals surface area contributed by atoms with Crippen LogP contribution in [0.2, 0.25) is 0 Å². The van der Waals surface area contributed by atoms with Gasteiger partial charge < -0.3 is 14.8 Å². The number of ether oxygens (including phenoxy) is 2. The Balaban J connectivity index is 1.70. The van der Waals surface area contributed by atoms with Crippen molar-refractivity contribution < 1.29 is 22.7 Å². The summed E-state index contributed by atoms with van der Waals surface area (Å²) in [7, 11) is -2.43. The van der Waals surface area contributed by atoms with Crippen LogP contribution in [0.4, 0.5) is 5.69 Å². The van der Waals surface area contributed by atoms with Crippen molar-refractivity contribution in [2.24, 2.45) is 0 Å². The Labute approximate surface area is 190 Å². The number of morpholine rings is 1. The summed E-state index contributed by atoms with van der Waals surface area (Å²) in [5, 5.41) is 2.85. The predicted molar refractivity (Wildman–Crippen MR) is 124 cm³/mol. The fourth-order valence-corrected chi connectivity index (χ4v) is 4.87. The molecule has 1 aliphatic rings. The Kier molecular flexibility index (Phi) is 8.49. The van der Waals surface area contributed by atoms with Crippen molar-refractivity contribution in [1.82, 2.24) is 10.2 Å². The molecular weight excluding hydrogens is 430 g/mol. The number of aryl methyl sites for hydroxylation is 1. The molecule has 1 fully saturated rings. The van der Waals surface area contributed by atoms with Crippen LogP contribution in [0, 0.1) is 6.92 Å². The Bertz CT molecular complexity index is 989. The van der Waals surface area contributed by atoms with E-state index in [0.717, 1.165) is 49.1 Å². The van der Waals surface area contributed by atoms with Crippen molar-refractivity contribution in [2.75, 3.05) is 57.4 Å². The van der Waals surface area contributed by atoms with E-state index in [0.29, 0.717) is 18.0 Å². The van der Waals surface area contributed by atoms with Crippen LogP contribution in [0.5, 0.6) is 5.75 Å². The number of carbonyl (C=O) groups is 1. The third-order valence-electron chi connectivity index (χ3n) is 5.31. The Morgan fingerprint density at radius 3 is 2.56 bits per heavy atom. The van der Waals surface area contributed by atoms with E-state index in [4.69, 9.17) is 9.47 Å². The van der Waals surface area contributed by atoms with E-state index in [9.17, 15) is 13.2 Å². The lowest BCUT2D eigenvalue weighted by Gasteiger charge is -2.26. The third kappa shape index (κ3) is 6.44. The Morgan fingerprint density at radius 2 is 1.88 bits per heavy atom. The minimum absolute atomic E-state index is 0.131. The van der Waals surface area contributed by atoms with Gasteiger partial charge in [-0.1, -0.05) is 23.8 Å². The van der Waals surface area contributed by atoms with Crippen molar-refractivity contribution in [3.05, 3.63) is 54.1 Å². The quantitative estimate of drug-likeness (QED) is 0.545. The molecule has 2 aromatic carbocycles. The molecule has 0 aliphatic carbocycles. The zero-order valence-electron chi connectivity index (χ0n) is 18.6. The fourth-order valence-electron chi connectivity index (χ4n) is 3.46. The van der Waals surface area contributed by atoms with Gasteiger partial charge in [-0.05, 0) is 44.2 Å². The van der Waals surface area contributed by atoms with Crippen molar-refractivity contribution in [3.8, 4) is 5.75 Å². The molecule has 0 saturated carbocycles. The molecule has 3 rings (SSSR count). The van der Waals surface area contributed by atoms with E-state index in [-0.39, 0.29) is 17.3 Å². The zero-order chi connectivity index (χ0) is 23.0. The first kappa shape index (κ1) is 24.0. The lowest BCUT2D eigenvalue weighted by atomic mass is 10.2. The Morgan fingerprint density at radius 1 is 1.16 bits per heavy atom. The second kappa shape index (κ2) is 11.3. The van der Waals surface area contributed by atoms with Crippen molar-refractivity contribution in [2.45, 2.75) is 18.2 Å². The average Bonchev–Trinajstić information content (AvgIpc) is 2.81. The number of hydrogen-bond acceptors (Lipinski definition) is 6. The number of rotatable bonds is 10. The van der Waals surface area contributed by atoms with Gasteiger partial charge in [-0.15, -0.1) is 0 Å². The van der Waals surface area contributed by atoms with E-state index >= 15 is 0 Å². The van der Waals surface area contributed by atoms with Gasteiger partial charge in [0.1, 0.15) is 12.3 Å². The summed E-state index contributed by atoms with van der Waals surface area (Å²) in [4.78, 5) is 15.1. The SMILES string of the molecule is COc1cccc(N(CC(=O)NCCCN2CCOCC2)S(=O)(=O)c2ccc(C)cc2)c1. The normalized spacial score (nSPS) is 14.7.